The highest BCUT2D eigenvalue weighted by atomic mass is 16.7. The van der Waals surface area contributed by atoms with Gasteiger partial charge in [-0.05, 0) is 24.5 Å². The molecule has 128 valence electrons. The first-order valence-corrected chi connectivity index (χ1v) is 8.88. The molecule has 2 heterocycles. The lowest BCUT2D eigenvalue weighted by Crippen LogP contribution is -2.37. The van der Waals surface area contributed by atoms with Gasteiger partial charge >= 0.3 is 0 Å². The molecule has 1 aromatic carbocycles. The molecule has 4 rings (SSSR count). The molecule has 5 heteroatoms. The van der Waals surface area contributed by atoms with Crippen molar-refractivity contribution in [2.45, 2.75) is 50.4 Å². The molecule has 5 nitrogen and oxygen atoms in total. The maximum Gasteiger partial charge on any atom is 0.224 e. The average molecular weight is 328 g/mol. The number of nitrogens with one attached hydrogen (secondary N) is 2. The van der Waals surface area contributed by atoms with E-state index in [1.807, 2.05) is 30.5 Å². The van der Waals surface area contributed by atoms with E-state index in [1.54, 1.807) is 0 Å². The molecule has 1 aromatic heterocycles. The van der Waals surface area contributed by atoms with Gasteiger partial charge < -0.3 is 19.8 Å². The zero-order valence-corrected chi connectivity index (χ0v) is 13.8. The summed E-state index contributed by atoms with van der Waals surface area (Å²) in [4.78, 5) is 15.5. The van der Waals surface area contributed by atoms with Gasteiger partial charge in [0.05, 0.1) is 13.0 Å². The van der Waals surface area contributed by atoms with Gasteiger partial charge in [-0.3, -0.25) is 4.79 Å². The van der Waals surface area contributed by atoms with Crippen LogP contribution in [0.1, 0.15) is 37.7 Å². The van der Waals surface area contributed by atoms with Crippen LogP contribution in [0.25, 0.3) is 10.9 Å². The van der Waals surface area contributed by atoms with Crippen LogP contribution in [0.15, 0.2) is 30.5 Å². The van der Waals surface area contributed by atoms with Crippen molar-refractivity contribution < 1.29 is 14.3 Å². The monoisotopic (exact) mass is 328 g/mol. The van der Waals surface area contributed by atoms with Crippen LogP contribution in [0.4, 0.5) is 0 Å². The summed E-state index contributed by atoms with van der Waals surface area (Å²) in [5, 5.41) is 4.10. The van der Waals surface area contributed by atoms with Gasteiger partial charge in [0, 0.05) is 36.5 Å². The maximum atomic E-state index is 12.3. The van der Waals surface area contributed by atoms with Crippen molar-refractivity contribution in [2.75, 3.05) is 13.2 Å². The Labute approximate surface area is 141 Å². The van der Waals surface area contributed by atoms with Gasteiger partial charge in [-0.2, -0.15) is 0 Å². The average Bonchev–Trinajstić information content (AvgIpc) is 3.19. The van der Waals surface area contributed by atoms with Crippen molar-refractivity contribution in [3.63, 3.8) is 0 Å². The number of para-hydroxylation sites is 1. The first kappa shape index (κ1) is 15.7. The summed E-state index contributed by atoms with van der Waals surface area (Å²) in [6, 6.07) is 8.03. The highest BCUT2D eigenvalue weighted by molar-refractivity contribution is 5.88. The summed E-state index contributed by atoms with van der Waals surface area (Å²) in [5.41, 5.74) is 2.09. The molecule has 1 unspecified atom stereocenters. The van der Waals surface area contributed by atoms with E-state index < -0.39 is 0 Å². The molecule has 1 saturated carbocycles. The molecule has 2 aliphatic rings. The van der Waals surface area contributed by atoms with Crippen LogP contribution in [0.3, 0.4) is 0 Å². The Morgan fingerprint density at radius 2 is 2.08 bits per heavy atom. The SMILES string of the molecule is O=C(Cc1c[nH]c2ccccc12)NCC1COC2(CCCCC2)O1. The van der Waals surface area contributed by atoms with Gasteiger partial charge in [-0.1, -0.05) is 24.6 Å². The molecule has 1 amide bonds. The molecule has 0 bridgehead atoms. The Balaban J connectivity index is 1.29. The van der Waals surface area contributed by atoms with Crippen molar-refractivity contribution in [3.8, 4) is 0 Å². The van der Waals surface area contributed by atoms with Crippen LogP contribution in [0.2, 0.25) is 0 Å². The number of benzene rings is 1. The zero-order chi connectivity index (χ0) is 16.4. The molecule has 1 saturated heterocycles. The summed E-state index contributed by atoms with van der Waals surface area (Å²) >= 11 is 0. The van der Waals surface area contributed by atoms with Crippen molar-refractivity contribution in [1.29, 1.82) is 0 Å². The quantitative estimate of drug-likeness (QED) is 0.907. The van der Waals surface area contributed by atoms with Crippen LogP contribution >= 0.6 is 0 Å². The number of hydrogen-bond acceptors (Lipinski definition) is 3. The van der Waals surface area contributed by atoms with Gasteiger partial charge in [0.25, 0.3) is 0 Å². The lowest BCUT2D eigenvalue weighted by atomic mass is 9.94. The van der Waals surface area contributed by atoms with Crippen molar-refractivity contribution in [2.24, 2.45) is 0 Å². The van der Waals surface area contributed by atoms with E-state index in [4.69, 9.17) is 9.47 Å². The van der Waals surface area contributed by atoms with E-state index in [-0.39, 0.29) is 17.8 Å². The zero-order valence-electron chi connectivity index (χ0n) is 13.8. The number of fused-ring (bicyclic) bond motifs is 1. The Hall–Kier alpha value is -1.85. The minimum atomic E-state index is -0.371. The molecular formula is C19H24N2O3. The van der Waals surface area contributed by atoms with E-state index in [1.165, 1.54) is 19.3 Å². The molecule has 0 radical (unpaired) electrons. The molecule has 2 N–H and O–H groups in total. The second-order valence-electron chi connectivity index (χ2n) is 6.86. The minimum Gasteiger partial charge on any atom is -0.361 e. The highest BCUT2D eigenvalue weighted by Crippen LogP contribution is 2.37. The standard InChI is InChI=1S/C19H24N2O3/c22-18(10-14-11-20-17-7-3-2-6-16(14)17)21-12-15-13-23-19(24-15)8-4-1-5-9-19/h2-3,6-7,11,15,20H,1,4-5,8-10,12-13H2,(H,21,22). The van der Waals surface area contributed by atoms with Crippen LogP contribution in [0, 0.1) is 0 Å². The third kappa shape index (κ3) is 3.19. The van der Waals surface area contributed by atoms with E-state index in [0.717, 1.165) is 29.3 Å². The minimum absolute atomic E-state index is 0.0212. The molecule has 1 aliphatic heterocycles. The number of ether oxygens (including phenoxy) is 2. The number of H-pyrrole nitrogens is 1. The van der Waals surface area contributed by atoms with Gasteiger partial charge in [-0.25, -0.2) is 0 Å². The lowest BCUT2D eigenvalue weighted by Gasteiger charge is -2.31. The van der Waals surface area contributed by atoms with Gasteiger partial charge in [0.15, 0.2) is 5.79 Å². The van der Waals surface area contributed by atoms with Crippen molar-refractivity contribution in [1.82, 2.24) is 10.3 Å². The molecule has 1 spiro atoms. The van der Waals surface area contributed by atoms with E-state index in [9.17, 15) is 4.79 Å². The highest BCUT2D eigenvalue weighted by Gasteiger charge is 2.42. The molecule has 1 atom stereocenters. The molecule has 2 fully saturated rings. The molecule has 2 aromatic rings. The summed E-state index contributed by atoms with van der Waals surface area (Å²) in [6.45, 7) is 1.09. The van der Waals surface area contributed by atoms with Crippen molar-refractivity contribution in [3.05, 3.63) is 36.0 Å². The smallest absolute Gasteiger partial charge is 0.224 e. The third-order valence-corrected chi connectivity index (χ3v) is 5.08. The molecule has 1 aliphatic carbocycles. The summed E-state index contributed by atoms with van der Waals surface area (Å²) in [5.74, 6) is -0.349. The van der Waals surface area contributed by atoms with Crippen LogP contribution in [0.5, 0.6) is 0 Å². The Morgan fingerprint density at radius 1 is 1.25 bits per heavy atom. The predicted molar refractivity (Wildman–Crippen MR) is 91.7 cm³/mol. The fourth-order valence-electron chi connectivity index (χ4n) is 3.81. The Bertz CT molecular complexity index is 718. The van der Waals surface area contributed by atoms with E-state index in [0.29, 0.717) is 19.6 Å². The second-order valence-corrected chi connectivity index (χ2v) is 6.86. The number of carbonyl (C=O) groups is 1. The Morgan fingerprint density at radius 3 is 2.96 bits per heavy atom. The van der Waals surface area contributed by atoms with Gasteiger partial charge in [0.1, 0.15) is 6.10 Å². The number of rotatable bonds is 4. The molecular weight excluding hydrogens is 304 g/mol. The summed E-state index contributed by atoms with van der Waals surface area (Å²) in [6.07, 6.45) is 7.81. The number of hydrogen-bond donors (Lipinski definition) is 2. The first-order valence-electron chi connectivity index (χ1n) is 8.88. The number of carbonyl (C=O) groups excluding carboxylic acids is 1. The fraction of sp³-hybridized carbons (Fsp3) is 0.526. The first-order chi connectivity index (χ1) is 11.7. The van der Waals surface area contributed by atoms with Crippen LogP contribution in [-0.4, -0.2) is 35.9 Å². The number of aromatic nitrogens is 1. The van der Waals surface area contributed by atoms with Gasteiger partial charge in [-0.15, -0.1) is 0 Å². The molecule has 24 heavy (non-hydrogen) atoms. The number of aromatic amines is 1. The summed E-state index contributed by atoms with van der Waals surface area (Å²) < 4.78 is 12.0. The summed E-state index contributed by atoms with van der Waals surface area (Å²) in [7, 11) is 0. The fourth-order valence-corrected chi connectivity index (χ4v) is 3.81. The maximum absolute atomic E-state index is 12.3. The van der Waals surface area contributed by atoms with Gasteiger partial charge in [0.2, 0.25) is 5.91 Å². The van der Waals surface area contributed by atoms with Crippen LogP contribution < -0.4 is 5.32 Å². The lowest BCUT2D eigenvalue weighted by molar-refractivity contribution is -0.186. The largest absolute Gasteiger partial charge is 0.361 e. The third-order valence-electron chi connectivity index (χ3n) is 5.08. The normalized spacial score (nSPS) is 22.9. The van der Waals surface area contributed by atoms with Crippen LogP contribution in [-0.2, 0) is 20.7 Å². The Kier molecular flexibility index (Phi) is 4.29. The number of amides is 1. The second kappa shape index (κ2) is 6.57. The van der Waals surface area contributed by atoms with Crippen molar-refractivity contribution >= 4 is 16.8 Å². The van der Waals surface area contributed by atoms with E-state index >= 15 is 0 Å². The van der Waals surface area contributed by atoms with E-state index in [2.05, 4.69) is 10.3 Å². The predicted octanol–water partition coefficient (Wildman–Crippen LogP) is 2.90. The topological polar surface area (TPSA) is 63.4 Å².